The molecular weight excluding hydrogens is 254 g/mol. The summed E-state index contributed by atoms with van der Waals surface area (Å²) in [6.07, 6.45) is 2.48. The monoisotopic (exact) mass is 275 g/mol. The van der Waals surface area contributed by atoms with Crippen molar-refractivity contribution in [3.8, 4) is 5.88 Å². The summed E-state index contributed by atoms with van der Waals surface area (Å²) in [5.74, 6) is 2.63. The minimum Gasteiger partial charge on any atom is -0.476 e. The summed E-state index contributed by atoms with van der Waals surface area (Å²) in [6, 6.07) is 7.49. The number of aromatic nitrogens is 1. The molecule has 108 valence electrons. The first-order valence-corrected chi connectivity index (χ1v) is 6.80. The normalized spacial score (nSPS) is 10.8. The number of rotatable bonds is 7. The lowest BCUT2D eigenvalue weighted by atomic mass is 10.2. The molecule has 2 heterocycles. The van der Waals surface area contributed by atoms with Crippen molar-refractivity contribution in [2.45, 2.75) is 20.3 Å². The van der Waals surface area contributed by atoms with Crippen LogP contribution in [0, 0.1) is 5.92 Å². The van der Waals surface area contributed by atoms with Gasteiger partial charge >= 0.3 is 0 Å². The van der Waals surface area contributed by atoms with Crippen molar-refractivity contribution in [3.05, 3.63) is 36.3 Å². The van der Waals surface area contributed by atoms with E-state index in [2.05, 4.69) is 24.1 Å². The second-order valence-electron chi connectivity index (χ2n) is 5.05. The van der Waals surface area contributed by atoms with Gasteiger partial charge in [0.15, 0.2) is 0 Å². The van der Waals surface area contributed by atoms with Crippen molar-refractivity contribution < 1.29 is 9.15 Å². The van der Waals surface area contributed by atoms with Crippen LogP contribution >= 0.6 is 0 Å². The fraction of sp³-hybridized carbons (Fsp3) is 0.400. The molecule has 5 nitrogen and oxygen atoms in total. The lowest BCUT2D eigenvalue weighted by molar-refractivity contribution is 0.263. The van der Waals surface area contributed by atoms with Crippen molar-refractivity contribution in [1.82, 2.24) is 4.98 Å². The van der Waals surface area contributed by atoms with Gasteiger partial charge in [-0.05, 0) is 30.2 Å². The number of hydrogen-bond acceptors (Lipinski definition) is 5. The predicted molar refractivity (Wildman–Crippen MR) is 79.9 cm³/mol. The molecule has 0 radical (unpaired) electrons. The molecule has 0 bridgehead atoms. The van der Waals surface area contributed by atoms with Crippen LogP contribution in [0.5, 0.6) is 5.88 Å². The Morgan fingerprint density at radius 2 is 2.20 bits per heavy atom. The third-order valence-corrected chi connectivity index (χ3v) is 2.70. The highest BCUT2D eigenvalue weighted by atomic mass is 16.5. The molecule has 2 aromatic heterocycles. The molecule has 3 N–H and O–H groups in total. The van der Waals surface area contributed by atoms with Gasteiger partial charge in [-0.1, -0.05) is 13.8 Å². The van der Waals surface area contributed by atoms with Crippen LogP contribution in [0.25, 0.3) is 0 Å². The van der Waals surface area contributed by atoms with Crippen molar-refractivity contribution in [2.24, 2.45) is 5.92 Å². The molecule has 2 rings (SSSR count). The Bertz CT molecular complexity index is 524. The topological polar surface area (TPSA) is 73.3 Å². The van der Waals surface area contributed by atoms with Gasteiger partial charge in [-0.3, -0.25) is 0 Å². The predicted octanol–water partition coefficient (Wildman–Crippen LogP) is 2.95. The van der Waals surface area contributed by atoms with Crippen LogP contribution in [-0.4, -0.2) is 18.1 Å². The Labute approximate surface area is 119 Å². The molecule has 0 aromatic carbocycles. The van der Waals surface area contributed by atoms with Gasteiger partial charge in [-0.25, -0.2) is 0 Å². The van der Waals surface area contributed by atoms with E-state index < -0.39 is 0 Å². The molecule has 0 aliphatic carbocycles. The number of nitrogens with zero attached hydrogens (tertiary/aromatic N) is 1. The van der Waals surface area contributed by atoms with E-state index in [0.717, 1.165) is 24.5 Å². The summed E-state index contributed by atoms with van der Waals surface area (Å²) in [6.45, 7) is 5.52. The standard InChI is InChI=1S/C15H21N3O2/c1-11(2)10-20-15-13(16)5-6-14(18-15)17-8-7-12-4-3-9-19-12/h3-6,9,11H,7-8,10,16H2,1-2H3,(H,17,18). The van der Waals surface area contributed by atoms with Crippen molar-refractivity contribution in [2.75, 3.05) is 24.2 Å². The van der Waals surface area contributed by atoms with Gasteiger partial charge in [-0.15, -0.1) is 0 Å². The average molecular weight is 275 g/mol. The smallest absolute Gasteiger partial charge is 0.239 e. The number of anilines is 2. The Balaban J connectivity index is 1.89. The maximum absolute atomic E-state index is 5.85. The maximum atomic E-state index is 5.85. The second-order valence-corrected chi connectivity index (χ2v) is 5.05. The fourth-order valence-corrected chi connectivity index (χ4v) is 1.68. The van der Waals surface area contributed by atoms with Crippen LogP contribution < -0.4 is 15.8 Å². The molecule has 0 atom stereocenters. The zero-order valence-corrected chi connectivity index (χ0v) is 11.9. The number of nitrogens with two attached hydrogens (primary N) is 1. The molecule has 0 unspecified atom stereocenters. The SMILES string of the molecule is CC(C)COc1nc(NCCc2ccco2)ccc1N. The molecule has 0 spiro atoms. The molecule has 5 heteroatoms. The van der Waals surface area contributed by atoms with Gasteiger partial charge in [0.1, 0.15) is 11.6 Å². The number of ether oxygens (including phenoxy) is 1. The van der Waals surface area contributed by atoms with Crippen molar-refractivity contribution in [1.29, 1.82) is 0 Å². The van der Waals surface area contributed by atoms with Gasteiger partial charge in [-0.2, -0.15) is 4.98 Å². The molecular formula is C15H21N3O2. The zero-order valence-electron chi connectivity index (χ0n) is 11.9. The third-order valence-electron chi connectivity index (χ3n) is 2.70. The third kappa shape index (κ3) is 4.19. The molecule has 0 aliphatic heterocycles. The summed E-state index contributed by atoms with van der Waals surface area (Å²) in [4.78, 5) is 4.37. The quantitative estimate of drug-likeness (QED) is 0.812. The van der Waals surface area contributed by atoms with Gasteiger partial charge in [0.2, 0.25) is 5.88 Å². The van der Waals surface area contributed by atoms with Gasteiger partial charge in [0, 0.05) is 13.0 Å². The first kappa shape index (κ1) is 14.2. The average Bonchev–Trinajstić information content (AvgIpc) is 2.92. The van der Waals surface area contributed by atoms with E-state index in [1.165, 1.54) is 0 Å². The fourth-order valence-electron chi connectivity index (χ4n) is 1.68. The largest absolute Gasteiger partial charge is 0.476 e. The van der Waals surface area contributed by atoms with Gasteiger partial charge < -0.3 is 20.2 Å². The number of pyridine rings is 1. The minimum atomic E-state index is 0.437. The van der Waals surface area contributed by atoms with E-state index in [1.807, 2.05) is 18.2 Å². The Morgan fingerprint density at radius 3 is 2.90 bits per heavy atom. The molecule has 0 aliphatic rings. The van der Waals surface area contributed by atoms with E-state index in [9.17, 15) is 0 Å². The molecule has 0 fully saturated rings. The molecule has 0 amide bonds. The first-order chi connectivity index (χ1) is 9.65. The second kappa shape index (κ2) is 6.84. The van der Waals surface area contributed by atoms with Crippen LogP contribution in [-0.2, 0) is 6.42 Å². The maximum Gasteiger partial charge on any atom is 0.239 e. The van der Waals surface area contributed by atoms with Crippen molar-refractivity contribution in [3.63, 3.8) is 0 Å². The number of nitrogen functional groups attached to an aromatic ring is 1. The van der Waals surface area contributed by atoms with Crippen LogP contribution in [0.4, 0.5) is 11.5 Å². The van der Waals surface area contributed by atoms with Crippen LogP contribution in [0.2, 0.25) is 0 Å². The highest BCUT2D eigenvalue weighted by molar-refractivity contribution is 5.53. The first-order valence-electron chi connectivity index (χ1n) is 6.80. The van der Waals surface area contributed by atoms with Crippen LogP contribution in [0.3, 0.4) is 0 Å². The van der Waals surface area contributed by atoms with E-state index in [0.29, 0.717) is 24.1 Å². The van der Waals surface area contributed by atoms with E-state index in [-0.39, 0.29) is 0 Å². The molecule has 0 saturated carbocycles. The lowest BCUT2D eigenvalue weighted by Gasteiger charge is -2.12. The van der Waals surface area contributed by atoms with Crippen molar-refractivity contribution >= 4 is 11.5 Å². The number of nitrogens with one attached hydrogen (secondary N) is 1. The zero-order chi connectivity index (χ0) is 14.4. The van der Waals surface area contributed by atoms with E-state index >= 15 is 0 Å². The Morgan fingerprint density at radius 1 is 1.35 bits per heavy atom. The van der Waals surface area contributed by atoms with Crippen LogP contribution in [0.15, 0.2) is 34.9 Å². The van der Waals surface area contributed by atoms with Gasteiger partial charge in [0.25, 0.3) is 0 Å². The Hall–Kier alpha value is -2.17. The van der Waals surface area contributed by atoms with E-state index in [1.54, 1.807) is 12.3 Å². The van der Waals surface area contributed by atoms with Gasteiger partial charge in [0.05, 0.1) is 18.6 Å². The summed E-state index contributed by atoms with van der Waals surface area (Å²) in [5, 5.41) is 3.23. The highest BCUT2D eigenvalue weighted by Crippen LogP contribution is 2.21. The number of hydrogen-bond donors (Lipinski definition) is 2. The lowest BCUT2D eigenvalue weighted by Crippen LogP contribution is -2.10. The highest BCUT2D eigenvalue weighted by Gasteiger charge is 2.06. The number of furan rings is 1. The minimum absolute atomic E-state index is 0.437. The van der Waals surface area contributed by atoms with Crippen LogP contribution in [0.1, 0.15) is 19.6 Å². The Kier molecular flexibility index (Phi) is 4.87. The van der Waals surface area contributed by atoms with E-state index in [4.69, 9.17) is 14.9 Å². The summed E-state index contributed by atoms with van der Waals surface area (Å²) in [7, 11) is 0. The molecule has 2 aromatic rings. The summed E-state index contributed by atoms with van der Waals surface area (Å²) < 4.78 is 10.9. The molecule has 20 heavy (non-hydrogen) atoms. The summed E-state index contributed by atoms with van der Waals surface area (Å²) in [5.41, 5.74) is 6.41. The molecule has 0 saturated heterocycles. The summed E-state index contributed by atoms with van der Waals surface area (Å²) >= 11 is 0.